The third-order valence-corrected chi connectivity index (χ3v) is 3.66. The quantitative estimate of drug-likeness (QED) is 0.886. The Morgan fingerprint density at radius 2 is 2.28 bits per heavy atom. The van der Waals surface area contributed by atoms with Gasteiger partial charge in [0.2, 0.25) is 0 Å². The Morgan fingerprint density at radius 3 is 2.89 bits per heavy atom. The van der Waals surface area contributed by atoms with E-state index in [1.165, 1.54) is 0 Å². The normalized spacial score (nSPS) is 10.3. The van der Waals surface area contributed by atoms with Gasteiger partial charge in [-0.25, -0.2) is 9.78 Å². The van der Waals surface area contributed by atoms with E-state index in [-0.39, 0.29) is 4.88 Å². The van der Waals surface area contributed by atoms with Crippen molar-refractivity contribution < 1.29 is 9.90 Å². The molecule has 2 N–H and O–H groups in total. The van der Waals surface area contributed by atoms with Gasteiger partial charge in [0.1, 0.15) is 4.88 Å². The average Bonchev–Trinajstić information content (AvgIpc) is 2.70. The van der Waals surface area contributed by atoms with Crippen LogP contribution in [0.1, 0.15) is 26.5 Å². The molecule has 2 heterocycles. The number of thiazole rings is 1. The fourth-order valence-corrected chi connectivity index (χ4v) is 2.34. The second kappa shape index (κ2) is 5.14. The highest BCUT2D eigenvalue weighted by atomic mass is 32.1. The van der Waals surface area contributed by atoms with Crippen molar-refractivity contribution in [1.82, 2.24) is 9.97 Å². The number of anilines is 1. The summed E-state index contributed by atoms with van der Waals surface area (Å²) < 4.78 is 0. The molecule has 0 saturated heterocycles. The summed E-state index contributed by atoms with van der Waals surface area (Å²) in [6.45, 7) is 4.29. The average molecular weight is 263 g/mol. The maximum atomic E-state index is 10.9. The zero-order valence-corrected chi connectivity index (χ0v) is 10.9. The van der Waals surface area contributed by atoms with Gasteiger partial charge in [-0.1, -0.05) is 11.3 Å². The Bertz CT molecular complexity index is 580. The van der Waals surface area contributed by atoms with Crippen molar-refractivity contribution >= 4 is 22.4 Å². The molecule has 0 radical (unpaired) electrons. The molecule has 5 nitrogen and oxygen atoms in total. The van der Waals surface area contributed by atoms with Gasteiger partial charge in [-0.2, -0.15) is 0 Å². The van der Waals surface area contributed by atoms with Crippen molar-refractivity contribution in [3.05, 3.63) is 40.2 Å². The highest BCUT2D eigenvalue weighted by Crippen LogP contribution is 2.23. The molecule has 0 aliphatic carbocycles. The van der Waals surface area contributed by atoms with E-state index < -0.39 is 5.97 Å². The van der Waals surface area contributed by atoms with Crippen molar-refractivity contribution in [2.45, 2.75) is 20.4 Å². The molecule has 0 saturated carbocycles. The van der Waals surface area contributed by atoms with Gasteiger partial charge in [-0.05, 0) is 31.0 Å². The molecule has 0 amide bonds. The van der Waals surface area contributed by atoms with Gasteiger partial charge in [0, 0.05) is 18.9 Å². The van der Waals surface area contributed by atoms with Gasteiger partial charge >= 0.3 is 5.97 Å². The molecule has 0 spiro atoms. The number of carbonyl (C=O) groups is 1. The summed E-state index contributed by atoms with van der Waals surface area (Å²) in [5.41, 5.74) is 2.76. The summed E-state index contributed by atoms with van der Waals surface area (Å²) in [6, 6.07) is 1.93. The van der Waals surface area contributed by atoms with E-state index >= 15 is 0 Å². The Balaban J connectivity index is 2.09. The molecular formula is C12H13N3O2S. The first-order valence-electron chi connectivity index (χ1n) is 5.42. The Morgan fingerprint density at radius 1 is 1.50 bits per heavy atom. The first-order chi connectivity index (χ1) is 8.58. The number of carboxylic acid groups (broad SMARTS) is 1. The molecule has 0 aromatic carbocycles. The molecule has 0 aliphatic heterocycles. The van der Waals surface area contributed by atoms with Crippen LogP contribution >= 0.6 is 11.3 Å². The molecule has 2 rings (SSSR count). The maximum absolute atomic E-state index is 10.9. The number of hydrogen-bond donors (Lipinski definition) is 2. The number of aromatic nitrogens is 2. The lowest BCUT2D eigenvalue weighted by Gasteiger charge is -2.05. The Hall–Kier alpha value is -1.95. The van der Waals surface area contributed by atoms with Crippen LogP contribution in [0.4, 0.5) is 5.13 Å². The first-order valence-corrected chi connectivity index (χ1v) is 6.23. The van der Waals surface area contributed by atoms with Crippen molar-refractivity contribution in [3.63, 3.8) is 0 Å². The Labute approximate surface area is 109 Å². The molecule has 94 valence electrons. The number of nitrogens with zero attached hydrogens (tertiary/aromatic N) is 2. The molecule has 0 bridgehead atoms. The zero-order chi connectivity index (χ0) is 13.1. The largest absolute Gasteiger partial charge is 0.477 e. The van der Waals surface area contributed by atoms with E-state index in [0.29, 0.717) is 17.4 Å². The van der Waals surface area contributed by atoms with Crippen LogP contribution in [0.15, 0.2) is 18.5 Å². The Kier molecular flexibility index (Phi) is 3.57. The first kappa shape index (κ1) is 12.5. The summed E-state index contributed by atoms with van der Waals surface area (Å²) in [5, 5.41) is 12.7. The van der Waals surface area contributed by atoms with Crippen molar-refractivity contribution in [1.29, 1.82) is 0 Å². The fourth-order valence-electron chi connectivity index (χ4n) is 1.54. The number of aromatic carboxylic acids is 1. The fraction of sp³-hybridized carbons (Fsp3) is 0.250. The van der Waals surface area contributed by atoms with Crippen molar-refractivity contribution in [2.24, 2.45) is 0 Å². The van der Waals surface area contributed by atoms with E-state index in [4.69, 9.17) is 5.11 Å². The molecule has 2 aromatic heterocycles. The second-order valence-electron chi connectivity index (χ2n) is 3.89. The molecule has 18 heavy (non-hydrogen) atoms. The molecular weight excluding hydrogens is 250 g/mol. The minimum atomic E-state index is -0.932. The van der Waals surface area contributed by atoms with E-state index in [2.05, 4.69) is 15.3 Å². The monoisotopic (exact) mass is 263 g/mol. The van der Waals surface area contributed by atoms with Crippen LogP contribution in [0.2, 0.25) is 0 Å². The van der Waals surface area contributed by atoms with E-state index in [0.717, 1.165) is 22.5 Å². The summed E-state index contributed by atoms with van der Waals surface area (Å²) in [5.74, 6) is -0.932. The highest BCUT2D eigenvalue weighted by Gasteiger charge is 2.13. The summed E-state index contributed by atoms with van der Waals surface area (Å²) in [4.78, 5) is 19.4. The topological polar surface area (TPSA) is 75.1 Å². The van der Waals surface area contributed by atoms with Gasteiger partial charge in [-0.3, -0.25) is 4.98 Å². The number of rotatable bonds is 4. The van der Waals surface area contributed by atoms with Crippen molar-refractivity contribution in [3.8, 4) is 0 Å². The minimum Gasteiger partial charge on any atom is -0.477 e. The van der Waals surface area contributed by atoms with Crippen LogP contribution in [0.5, 0.6) is 0 Å². The number of pyridine rings is 1. The number of carboxylic acids is 1. The van der Waals surface area contributed by atoms with Gasteiger partial charge in [0.25, 0.3) is 0 Å². The molecule has 0 unspecified atom stereocenters. The van der Waals surface area contributed by atoms with Gasteiger partial charge in [-0.15, -0.1) is 0 Å². The van der Waals surface area contributed by atoms with Crippen LogP contribution in [0.3, 0.4) is 0 Å². The van der Waals surface area contributed by atoms with Crippen molar-refractivity contribution in [2.75, 3.05) is 5.32 Å². The van der Waals surface area contributed by atoms with E-state index in [1.807, 2.05) is 13.0 Å². The van der Waals surface area contributed by atoms with Gasteiger partial charge in [0.05, 0.1) is 5.69 Å². The lowest BCUT2D eigenvalue weighted by atomic mass is 10.2. The van der Waals surface area contributed by atoms with Crippen LogP contribution < -0.4 is 5.32 Å². The van der Waals surface area contributed by atoms with Crippen LogP contribution in [-0.2, 0) is 6.54 Å². The molecule has 0 aliphatic rings. The maximum Gasteiger partial charge on any atom is 0.347 e. The lowest BCUT2D eigenvalue weighted by Crippen LogP contribution is -2.01. The third kappa shape index (κ3) is 2.65. The predicted molar refractivity (Wildman–Crippen MR) is 70.1 cm³/mol. The minimum absolute atomic E-state index is 0.281. The molecule has 2 aromatic rings. The SMILES string of the molecule is Cc1cnccc1CNc1nc(C)c(C(=O)O)s1. The molecule has 0 atom stereocenters. The van der Waals surface area contributed by atoms with Gasteiger partial charge < -0.3 is 10.4 Å². The second-order valence-corrected chi connectivity index (χ2v) is 4.89. The third-order valence-electron chi connectivity index (χ3n) is 2.56. The van der Waals surface area contributed by atoms with Crippen LogP contribution in [0.25, 0.3) is 0 Å². The van der Waals surface area contributed by atoms with Crippen LogP contribution in [-0.4, -0.2) is 21.0 Å². The smallest absolute Gasteiger partial charge is 0.347 e. The number of nitrogens with one attached hydrogen (secondary N) is 1. The van der Waals surface area contributed by atoms with E-state index in [9.17, 15) is 4.79 Å². The van der Waals surface area contributed by atoms with Crippen LogP contribution in [0, 0.1) is 13.8 Å². The molecule has 0 fully saturated rings. The summed E-state index contributed by atoms with van der Waals surface area (Å²) in [6.07, 6.45) is 3.53. The number of hydrogen-bond acceptors (Lipinski definition) is 5. The van der Waals surface area contributed by atoms with Gasteiger partial charge in [0.15, 0.2) is 5.13 Å². The standard InChI is InChI=1S/C12H13N3O2S/c1-7-5-13-4-3-9(7)6-14-12-15-8(2)10(18-12)11(16)17/h3-5H,6H2,1-2H3,(H,14,15)(H,16,17). The summed E-state index contributed by atoms with van der Waals surface area (Å²) >= 11 is 1.16. The zero-order valence-electron chi connectivity index (χ0n) is 10.1. The highest BCUT2D eigenvalue weighted by molar-refractivity contribution is 7.17. The lowest BCUT2D eigenvalue weighted by molar-refractivity contribution is 0.0701. The molecule has 6 heteroatoms. The summed E-state index contributed by atoms with van der Waals surface area (Å²) in [7, 11) is 0. The predicted octanol–water partition coefficient (Wildman–Crippen LogP) is 2.47. The number of aryl methyl sites for hydroxylation is 2. The van der Waals surface area contributed by atoms with E-state index in [1.54, 1.807) is 19.3 Å².